The van der Waals surface area contributed by atoms with Crippen LogP contribution < -0.4 is 15.9 Å². The third-order valence-electron chi connectivity index (χ3n) is 8.29. The van der Waals surface area contributed by atoms with E-state index in [0.717, 1.165) is 0 Å². The number of hydrogen-bond donors (Lipinski definition) is 0. The molecule has 0 aromatic heterocycles. The lowest BCUT2D eigenvalue weighted by molar-refractivity contribution is 1.57. The Morgan fingerprint density at radius 2 is 0.565 bits per heavy atom. The summed E-state index contributed by atoms with van der Waals surface area (Å²) < 4.78 is 0. The number of allylic oxidation sites excluding steroid dienone is 3. The van der Waals surface area contributed by atoms with Crippen molar-refractivity contribution in [3.05, 3.63) is 197 Å². The molecule has 0 nitrogen and oxygen atoms in total. The number of hydrogen-bond acceptors (Lipinski definition) is 0. The minimum atomic E-state index is -0.738. The third-order valence-corrected chi connectivity index (χ3v) is 10.7. The summed E-state index contributed by atoms with van der Waals surface area (Å²) in [4.78, 5) is 0. The van der Waals surface area contributed by atoms with E-state index in [4.69, 9.17) is 0 Å². The quantitative estimate of drug-likeness (QED) is 0.113. The smallest absolute Gasteiger partial charge is 0.0134 e. The van der Waals surface area contributed by atoms with Gasteiger partial charge in [-0.1, -0.05) is 182 Å². The number of benzene rings is 6. The van der Waals surface area contributed by atoms with Crippen molar-refractivity contribution in [3.8, 4) is 0 Å². The molecule has 0 atom stereocenters. The van der Waals surface area contributed by atoms with Crippen molar-refractivity contribution in [1.82, 2.24) is 0 Å². The standard InChI is InChI=1S/C45H39P/c1-34(40-13-7-4-8-14-40)31-37-19-25-43(26-20-37)46(44-27-21-38(22-28-44)32-35(2)41-15-9-5-10-16-41)45-29-23-39(24-30-45)33-36(3)42-17-11-6-12-18-42/h4-33H,1-3H3. The van der Waals surface area contributed by atoms with Crippen LogP contribution >= 0.6 is 7.92 Å². The molecule has 0 saturated heterocycles. The highest BCUT2D eigenvalue weighted by Gasteiger charge is 2.17. The molecule has 0 aliphatic rings. The summed E-state index contributed by atoms with van der Waals surface area (Å²) in [6.07, 6.45) is 6.81. The summed E-state index contributed by atoms with van der Waals surface area (Å²) in [7, 11) is -0.738. The average Bonchev–Trinajstić information content (AvgIpc) is 3.11. The monoisotopic (exact) mass is 610 g/mol. The maximum Gasteiger partial charge on any atom is -0.0134 e. The minimum Gasteiger partial charge on any atom is -0.0622 e. The van der Waals surface area contributed by atoms with E-state index in [-0.39, 0.29) is 0 Å². The van der Waals surface area contributed by atoms with E-state index in [1.807, 2.05) is 0 Å². The second-order valence-corrected chi connectivity index (χ2v) is 13.9. The molecule has 0 aliphatic heterocycles. The molecule has 0 unspecified atom stereocenters. The van der Waals surface area contributed by atoms with E-state index in [1.165, 1.54) is 66.0 Å². The minimum absolute atomic E-state index is 0.738. The molecule has 224 valence electrons. The topological polar surface area (TPSA) is 0 Å². The van der Waals surface area contributed by atoms with Gasteiger partial charge in [0.05, 0.1) is 0 Å². The van der Waals surface area contributed by atoms with Crippen molar-refractivity contribution >= 4 is 58.8 Å². The third kappa shape index (κ3) is 7.78. The molecule has 0 N–H and O–H groups in total. The summed E-state index contributed by atoms with van der Waals surface area (Å²) in [6.45, 7) is 6.55. The Bertz CT molecular complexity index is 1710. The van der Waals surface area contributed by atoms with Crippen LogP contribution in [0.3, 0.4) is 0 Å². The van der Waals surface area contributed by atoms with Crippen LogP contribution in [0.5, 0.6) is 0 Å². The van der Waals surface area contributed by atoms with Gasteiger partial charge in [0.1, 0.15) is 0 Å². The first-order valence-corrected chi connectivity index (χ1v) is 17.2. The molecule has 6 aromatic carbocycles. The highest BCUT2D eigenvalue weighted by Crippen LogP contribution is 2.34. The first-order valence-electron chi connectivity index (χ1n) is 15.8. The molecule has 6 rings (SSSR count). The largest absolute Gasteiger partial charge is 0.0622 e. The fourth-order valence-corrected chi connectivity index (χ4v) is 7.95. The molecule has 0 spiro atoms. The van der Waals surface area contributed by atoms with Crippen molar-refractivity contribution < 1.29 is 0 Å². The van der Waals surface area contributed by atoms with Crippen molar-refractivity contribution in [3.63, 3.8) is 0 Å². The van der Waals surface area contributed by atoms with Gasteiger partial charge in [-0.25, -0.2) is 0 Å². The van der Waals surface area contributed by atoms with Crippen molar-refractivity contribution in [2.24, 2.45) is 0 Å². The molecule has 0 radical (unpaired) electrons. The molecule has 6 aromatic rings. The van der Waals surface area contributed by atoms with Gasteiger partial charge in [0.15, 0.2) is 0 Å². The summed E-state index contributed by atoms with van der Waals surface area (Å²) in [5, 5.41) is 4.03. The average molecular weight is 611 g/mol. The first-order chi connectivity index (χ1) is 22.5. The fraction of sp³-hybridized carbons (Fsp3) is 0.0667. The second-order valence-electron chi connectivity index (χ2n) is 11.7. The Labute approximate surface area is 275 Å². The zero-order chi connectivity index (χ0) is 31.7. The Hall–Kier alpha value is -5.03. The lowest BCUT2D eigenvalue weighted by Crippen LogP contribution is -2.20. The van der Waals surface area contributed by atoms with Crippen LogP contribution in [0, 0.1) is 0 Å². The Morgan fingerprint density at radius 1 is 0.326 bits per heavy atom. The van der Waals surface area contributed by atoms with Crippen LogP contribution in [0.15, 0.2) is 164 Å². The molecular weight excluding hydrogens is 571 g/mol. The molecule has 0 saturated carbocycles. The molecular formula is C45H39P. The summed E-state index contributed by atoms with van der Waals surface area (Å²) in [5.74, 6) is 0. The van der Waals surface area contributed by atoms with E-state index >= 15 is 0 Å². The SMILES string of the molecule is CC(=Cc1ccc(P(c2ccc(C=C(C)c3ccccc3)cc2)c2ccc(C=C(C)c3ccccc3)cc2)cc1)c1ccccc1. The van der Waals surface area contributed by atoms with Crippen LogP contribution in [0.25, 0.3) is 34.9 Å². The first kappa shape index (κ1) is 31.0. The van der Waals surface area contributed by atoms with Gasteiger partial charge in [0.25, 0.3) is 0 Å². The predicted octanol–water partition coefficient (Wildman–Crippen LogP) is 11.1. The van der Waals surface area contributed by atoms with Crippen LogP contribution in [-0.4, -0.2) is 0 Å². The van der Waals surface area contributed by atoms with Gasteiger partial charge in [0, 0.05) is 0 Å². The highest BCUT2D eigenvalue weighted by atomic mass is 31.1. The normalized spacial score (nSPS) is 13.0. The van der Waals surface area contributed by atoms with Gasteiger partial charge in [-0.05, 0) is 94.7 Å². The summed E-state index contributed by atoms with van der Waals surface area (Å²) in [5.41, 5.74) is 11.2. The van der Waals surface area contributed by atoms with E-state index in [2.05, 4.69) is 203 Å². The number of rotatable bonds is 9. The van der Waals surface area contributed by atoms with E-state index in [1.54, 1.807) is 0 Å². The van der Waals surface area contributed by atoms with Gasteiger partial charge in [-0.3, -0.25) is 0 Å². The van der Waals surface area contributed by atoms with Crippen LogP contribution in [0.4, 0.5) is 0 Å². The lowest BCUT2D eigenvalue weighted by atomic mass is 10.0. The van der Waals surface area contributed by atoms with Gasteiger partial charge < -0.3 is 0 Å². The van der Waals surface area contributed by atoms with Crippen LogP contribution in [0.2, 0.25) is 0 Å². The van der Waals surface area contributed by atoms with E-state index in [9.17, 15) is 0 Å². The molecule has 0 fully saturated rings. The maximum atomic E-state index is 2.32. The summed E-state index contributed by atoms with van der Waals surface area (Å²) in [6, 6.07) is 59.2. The van der Waals surface area contributed by atoms with Crippen molar-refractivity contribution in [2.45, 2.75) is 20.8 Å². The molecule has 0 amide bonds. The predicted molar refractivity (Wildman–Crippen MR) is 205 cm³/mol. The second kappa shape index (κ2) is 14.8. The van der Waals surface area contributed by atoms with Crippen molar-refractivity contribution in [1.29, 1.82) is 0 Å². The fourth-order valence-electron chi connectivity index (χ4n) is 5.71. The van der Waals surface area contributed by atoms with Gasteiger partial charge in [0.2, 0.25) is 0 Å². The molecule has 1 heteroatoms. The maximum absolute atomic E-state index is 2.32. The highest BCUT2D eigenvalue weighted by molar-refractivity contribution is 7.79. The Balaban J connectivity index is 1.32. The van der Waals surface area contributed by atoms with Crippen molar-refractivity contribution in [2.75, 3.05) is 0 Å². The zero-order valence-corrected chi connectivity index (χ0v) is 27.7. The molecule has 0 aliphatic carbocycles. The Morgan fingerprint density at radius 3 is 0.804 bits per heavy atom. The molecule has 0 heterocycles. The lowest BCUT2D eigenvalue weighted by Gasteiger charge is -2.20. The summed E-state index contributed by atoms with van der Waals surface area (Å²) >= 11 is 0. The van der Waals surface area contributed by atoms with Gasteiger partial charge >= 0.3 is 0 Å². The van der Waals surface area contributed by atoms with Crippen LogP contribution in [-0.2, 0) is 0 Å². The van der Waals surface area contributed by atoms with Gasteiger partial charge in [-0.15, -0.1) is 0 Å². The van der Waals surface area contributed by atoms with E-state index in [0.29, 0.717) is 0 Å². The van der Waals surface area contributed by atoms with Gasteiger partial charge in [-0.2, -0.15) is 0 Å². The zero-order valence-electron chi connectivity index (χ0n) is 26.8. The van der Waals surface area contributed by atoms with E-state index < -0.39 is 7.92 Å². The van der Waals surface area contributed by atoms with Crippen LogP contribution in [0.1, 0.15) is 54.2 Å². The Kier molecular flexibility index (Phi) is 9.99. The molecule has 46 heavy (non-hydrogen) atoms. The molecule has 0 bridgehead atoms.